The lowest BCUT2D eigenvalue weighted by molar-refractivity contribution is -0.115. The second-order valence-electron chi connectivity index (χ2n) is 8.15. The third kappa shape index (κ3) is 5.66. The first-order chi connectivity index (χ1) is 17.6. The van der Waals surface area contributed by atoms with Crippen molar-refractivity contribution < 1.29 is 23.0 Å². The van der Waals surface area contributed by atoms with Crippen molar-refractivity contribution in [1.29, 1.82) is 0 Å². The number of nitrogens with zero attached hydrogens (tertiary/aromatic N) is 5. The third-order valence-corrected chi connectivity index (χ3v) is 6.44. The number of pyridine rings is 1. The van der Waals surface area contributed by atoms with Crippen LogP contribution in [0.4, 0.5) is 13.9 Å². The molecule has 3 aromatic heterocycles. The summed E-state index contributed by atoms with van der Waals surface area (Å²) in [4.78, 5) is 23.2. The molecular weight excluding hydrogens is 490 g/mol. The molecule has 1 amide bonds. The number of thiazole rings is 1. The molecule has 188 valence electrons. The minimum absolute atomic E-state index is 0.0413. The van der Waals surface area contributed by atoms with Gasteiger partial charge in [-0.25, -0.2) is 23.3 Å². The molecule has 9 nitrogen and oxygen atoms in total. The van der Waals surface area contributed by atoms with Crippen LogP contribution in [-0.4, -0.2) is 69.8 Å². The molecule has 0 atom stereocenters. The number of alkyl halides is 2. The normalized spacial score (nSPS) is 14.4. The molecule has 1 aliphatic heterocycles. The van der Waals surface area contributed by atoms with Gasteiger partial charge in [-0.3, -0.25) is 9.69 Å². The van der Waals surface area contributed by atoms with Gasteiger partial charge in [0.15, 0.2) is 16.6 Å². The predicted octanol–water partition coefficient (Wildman–Crippen LogP) is 3.68. The monoisotopic (exact) mass is 514 g/mol. The molecule has 1 saturated heterocycles. The first-order valence-electron chi connectivity index (χ1n) is 11.5. The number of benzene rings is 1. The van der Waals surface area contributed by atoms with E-state index in [9.17, 15) is 13.6 Å². The second-order valence-corrected chi connectivity index (χ2v) is 9.05. The highest BCUT2D eigenvalue weighted by Gasteiger charge is 2.20. The number of rotatable bonds is 9. The lowest BCUT2D eigenvalue weighted by Gasteiger charge is -2.26. The second kappa shape index (κ2) is 11.1. The van der Waals surface area contributed by atoms with E-state index in [0.29, 0.717) is 48.5 Å². The number of morpholine rings is 1. The molecule has 0 unspecified atom stereocenters. The zero-order valence-electron chi connectivity index (χ0n) is 19.3. The number of amides is 1. The number of carbonyl (C=O) groups excluding carboxylic acids is 1. The third-order valence-electron chi connectivity index (χ3n) is 5.75. The summed E-state index contributed by atoms with van der Waals surface area (Å²) < 4.78 is 40.6. The van der Waals surface area contributed by atoms with Gasteiger partial charge in [-0.15, -0.1) is 16.4 Å². The highest BCUT2D eigenvalue weighted by molar-refractivity contribution is 7.13. The minimum Gasteiger partial charge on any atom is -0.492 e. The zero-order valence-corrected chi connectivity index (χ0v) is 20.1. The van der Waals surface area contributed by atoms with Crippen LogP contribution in [0.2, 0.25) is 0 Å². The molecule has 1 N–H and O–H groups in total. The number of halogens is 2. The van der Waals surface area contributed by atoms with E-state index in [1.807, 2.05) is 0 Å². The van der Waals surface area contributed by atoms with Crippen molar-refractivity contribution in [2.75, 3.05) is 44.8 Å². The number of anilines is 1. The molecule has 36 heavy (non-hydrogen) atoms. The van der Waals surface area contributed by atoms with Crippen LogP contribution in [0, 0.1) is 0 Å². The van der Waals surface area contributed by atoms with Gasteiger partial charge in [0.1, 0.15) is 12.4 Å². The maximum Gasteiger partial charge on any atom is 0.264 e. The Kier molecular flexibility index (Phi) is 7.44. The Morgan fingerprint density at radius 3 is 2.89 bits per heavy atom. The number of carbonyl (C=O) groups is 1. The van der Waals surface area contributed by atoms with Crippen LogP contribution in [0.1, 0.15) is 17.6 Å². The van der Waals surface area contributed by atoms with Gasteiger partial charge in [-0.2, -0.15) is 0 Å². The number of aromatic nitrogens is 4. The molecule has 4 aromatic rings. The molecule has 0 bridgehead atoms. The SMILES string of the molecule is O=C(Cc1cccn2nc(-c3ccc(OCCN4CCOCC4)cc3C(F)F)nc12)Nc1nccs1. The van der Waals surface area contributed by atoms with E-state index in [1.54, 1.807) is 42.0 Å². The fourth-order valence-corrected chi connectivity index (χ4v) is 4.51. The summed E-state index contributed by atoms with van der Waals surface area (Å²) in [5.41, 5.74) is 1.05. The van der Waals surface area contributed by atoms with Crippen LogP contribution in [0.25, 0.3) is 17.0 Å². The van der Waals surface area contributed by atoms with Gasteiger partial charge < -0.3 is 14.8 Å². The largest absolute Gasteiger partial charge is 0.492 e. The summed E-state index contributed by atoms with van der Waals surface area (Å²) in [6, 6.07) is 8.03. The molecular formula is C24H24F2N6O3S. The molecule has 1 fully saturated rings. The molecule has 1 aliphatic rings. The van der Waals surface area contributed by atoms with Gasteiger partial charge in [0.05, 0.1) is 19.6 Å². The van der Waals surface area contributed by atoms with Crippen molar-refractivity contribution in [1.82, 2.24) is 24.5 Å². The Morgan fingerprint density at radius 1 is 1.25 bits per heavy atom. The summed E-state index contributed by atoms with van der Waals surface area (Å²) in [6.07, 6.45) is 0.573. The van der Waals surface area contributed by atoms with Crippen molar-refractivity contribution in [3.05, 3.63) is 59.2 Å². The summed E-state index contributed by atoms with van der Waals surface area (Å²) in [6.45, 7) is 4.13. The quantitative estimate of drug-likeness (QED) is 0.364. The number of ether oxygens (including phenoxy) is 2. The van der Waals surface area contributed by atoms with Gasteiger partial charge in [0, 0.05) is 54.1 Å². The first-order valence-corrected chi connectivity index (χ1v) is 12.3. The van der Waals surface area contributed by atoms with Crippen molar-refractivity contribution in [2.45, 2.75) is 12.8 Å². The summed E-state index contributed by atoms with van der Waals surface area (Å²) >= 11 is 1.32. The topological polar surface area (TPSA) is 93.9 Å². The first kappa shape index (κ1) is 24.2. The van der Waals surface area contributed by atoms with Gasteiger partial charge in [-0.1, -0.05) is 6.07 Å². The van der Waals surface area contributed by atoms with E-state index in [-0.39, 0.29) is 29.3 Å². The maximum atomic E-state index is 14.0. The molecule has 0 saturated carbocycles. The highest BCUT2D eigenvalue weighted by atomic mass is 32.1. The van der Waals surface area contributed by atoms with Gasteiger partial charge >= 0.3 is 0 Å². The molecule has 12 heteroatoms. The average molecular weight is 515 g/mol. The van der Waals surface area contributed by atoms with Crippen molar-refractivity contribution in [3.63, 3.8) is 0 Å². The Morgan fingerprint density at radius 2 is 2.11 bits per heavy atom. The molecule has 0 radical (unpaired) electrons. The zero-order chi connectivity index (χ0) is 24.9. The van der Waals surface area contributed by atoms with Crippen LogP contribution in [-0.2, 0) is 16.0 Å². The minimum atomic E-state index is -2.74. The fourth-order valence-electron chi connectivity index (χ4n) is 3.97. The summed E-state index contributed by atoms with van der Waals surface area (Å²) in [7, 11) is 0. The van der Waals surface area contributed by atoms with Gasteiger partial charge in [0.25, 0.3) is 6.43 Å². The standard InChI is InChI=1S/C24H24F2N6O3S/c25-21(26)19-15-17(35-12-9-31-7-10-34-11-8-31)3-4-18(19)22-29-23-16(2-1-6-32(23)30-22)14-20(33)28-24-27-5-13-36-24/h1-6,13,15,21H,7-12,14H2,(H,27,28,33). The van der Waals surface area contributed by atoms with E-state index >= 15 is 0 Å². The van der Waals surface area contributed by atoms with Crippen molar-refractivity contribution in [3.8, 4) is 17.1 Å². The van der Waals surface area contributed by atoms with E-state index in [2.05, 4.69) is 25.3 Å². The van der Waals surface area contributed by atoms with E-state index in [4.69, 9.17) is 9.47 Å². The Labute approximate surface area is 209 Å². The lowest BCUT2D eigenvalue weighted by atomic mass is 10.1. The molecule has 4 heterocycles. The van der Waals surface area contributed by atoms with Gasteiger partial charge in [-0.05, 0) is 24.3 Å². The Hall–Kier alpha value is -3.48. The maximum absolute atomic E-state index is 14.0. The van der Waals surface area contributed by atoms with Crippen molar-refractivity contribution in [2.24, 2.45) is 0 Å². The number of hydrogen-bond donors (Lipinski definition) is 1. The van der Waals surface area contributed by atoms with Crippen LogP contribution in [0.5, 0.6) is 5.75 Å². The molecule has 5 rings (SSSR count). The fraction of sp³-hybridized carbons (Fsp3) is 0.333. The highest BCUT2D eigenvalue weighted by Crippen LogP contribution is 2.33. The van der Waals surface area contributed by atoms with E-state index in [0.717, 1.165) is 13.1 Å². The number of fused-ring (bicyclic) bond motifs is 1. The smallest absolute Gasteiger partial charge is 0.264 e. The van der Waals surface area contributed by atoms with Crippen LogP contribution in [0.15, 0.2) is 48.1 Å². The lowest BCUT2D eigenvalue weighted by Crippen LogP contribution is -2.38. The Balaban J connectivity index is 1.33. The van der Waals surface area contributed by atoms with Crippen LogP contribution >= 0.6 is 11.3 Å². The van der Waals surface area contributed by atoms with Crippen LogP contribution < -0.4 is 10.1 Å². The van der Waals surface area contributed by atoms with Crippen LogP contribution in [0.3, 0.4) is 0 Å². The average Bonchev–Trinajstić information content (AvgIpc) is 3.55. The molecule has 0 spiro atoms. The Bertz CT molecular complexity index is 1320. The molecule has 0 aliphatic carbocycles. The van der Waals surface area contributed by atoms with Crippen molar-refractivity contribution >= 4 is 28.0 Å². The van der Waals surface area contributed by atoms with E-state index in [1.165, 1.54) is 21.9 Å². The molecule has 1 aromatic carbocycles. The number of nitrogens with one attached hydrogen (secondary N) is 1. The summed E-state index contributed by atoms with van der Waals surface area (Å²) in [5, 5.41) is 9.39. The summed E-state index contributed by atoms with van der Waals surface area (Å²) in [5.74, 6) is 0.262. The predicted molar refractivity (Wildman–Crippen MR) is 131 cm³/mol. The van der Waals surface area contributed by atoms with Gasteiger partial charge in [0.2, 0.25) is 5.91 Å². The van der Waals surface area contributed by atoms with E-state index < -0.39 is 6.43 Å². The number of hydrogen-bond acceptors (Lipinski definition) is 8.